The number of rotatable bonds is 8. The Morgan fingerprint density at radius 2 is 1.96 bits per heavy atom. The Balaban J connectivity index is 2.06. The highest BCUT2D eigenvalue weighted by atomic mass is 16.5. The Hall–Kier alpha value is -3.47. The average Bonchev–Trinajstić information content (AvgIpc) is 2.69. The predicted octanol–water partition coefficient (Wildman–Crippen LogP) is 1.76. The molecule has 1 amide bonds. The lowest BCUT2D eigenvalue weighted by molar-refractivity contribution is -0.121. The molecule has 27 heavy (non-hydrogen) atoms. The maximum Gasteiger partial charge on any atom is 0.359 e. The van der Waals surface area contributed by atoms with Crippen LogP contribution in [0.3, 0.4) is 0 Å². The van der Waals surface area contributed by atoms with E-state index in [2.05, 4.69) is 5.10 Å². The van der Waals surface area contributed by atoms with Gasteiger partial charge in [-0.05, 0) is 24.6 Å². The van der Waals surface area contributed by atoms with Gasteiger partial charge in [-0.1, -0.05) is 25.1 Å². The van der Waals surface area contributed by atoms with Crippen LogP contribution in [-0.4, -0.2) is 34.8 Å². The summed E-state index contributed by atoms with van der Waals surface area (Å²) in [6.07, 6.45) is 0.840. The molecule has 8 nitrogen and oxygen atoms in total. The lowest BCUT2D eigenvalue weighted by atomic mass is 10.2. The molecule has 140 valence electrons. The minimum atomic E-state index is -0.790. The molecule has 0 aliphatic rings. The van der Waals surface area contributed by atoms with Crippen molar-refractivity contribution in [1.29, 1.82) is 5.26 Å². The summed E-state index contributed by atoms with van der Waals surface area (Å²) in [5.74, 6) is -1.24. The second kappa shape index (κ2) is 9.87. The fourth-order valence-corrected chi connectivity index (χ4v) is 2.38. The molecule has 2 aromatic rings. The normalized spacial score (nSPS) is 10.1. The standard InChI is InChI=1S/C19H20N4O4/c1-2-12-23-17(24)10-9-16(21-23)19(26)27-14-18(25)22(13-6-11-20)15-7-4-3-5-8-15/h3-5,7-10H,2,6,12-14H2,1H3. The molecule has 0 radical (unpaired) electrons. The van der Waals surface area contributed by atoms with Gasteiger partial charge in [0.25, 0.3) is 11.5 Å². The van der Waals surface area contributed by atoms with Gasteiger partial charge in [-0.15, -0.1) is 0 Å². The molecule has 0 saturated heterocycles. The van der Waals surface area contributed by atoms with E-state index in [1.807, 2.05) is 19.1 Å². The maximum atomic E-state index is 12.5. The van der Waals surface area contributed by atoms with Crippen LogP contribution in [0.15, 0.2) is 47.3 Å². The third-order valence-electron chi connectivity index (χ3n) is 3.65. The molecule has 1 aromatic heterocycles. The molecule has 0 unspecified atom stereocenters. The first-order chi connectivity index (χ1) is 13.1. The number of carbonyl (C=O) groups excluding carboxylic acids is 2. The maximum absolute atomic E-state index is 12.5. The van der Waals surface area contributed by atoms with Crippen molar-refractivity contribution in [2.75, 3.05) is 18.1 Å². The lowest BCUT2D eigenvalue weighted by Gasteiger charge is -2.21. The number of benzene rings is 1. The molecule has 0 aliphatic heterocycles. The monoisotopic (exact) mass is 368 g/mol. The van der Waals surface area contributed by atoms with Crippen LogP contribution in [-0.2, 0) is 16.1 Å². The van der Waals surface area contributed by atoms with E-state index < -0.39 is 18.5 Å². The van der Waals surface area contributed by atoms with E-state index in [9.17, 15) is 14.4 Å². The fourth-order valence-electron chi connectivity index (χ4n) is 2.38. The van der Waals surface area contributed by atoms with Crippen LogP contribution >= 0.6 is 0 Å². The Morgan fingerprint density at radius 1 is 1.22 bits per heavy atom. The molecule has 1 heterocycles. The second-order valence-corrected chi connectivity index (χ2v) is 5.65. The van der Waals surface area contributed by atoms with Crippen molar-refractivity contribution in [3.8, 4) is 6.07 Å². The predicted molar refractivity (Wildman–Crippen MR) is 98.1 cm³/mol. The van der Waals surface area contributed by atoms with Crippen LogP contribution in [0.5, 0.6) is 0 Å². The van der Waals surface area contributed by atoms with Crippen molar-refractivity contribution in [2.45, 2.75) is 26.3 Å². The van der Waals surface area contributed by atoms with Gasteiger partial charge in [0.15, 0.2) is 12.3 Å². The molecule has 0 aliphatic carbocycles. The van der Waals surface area contributed by atoms with E-state index in [4.69, 9.17) is 10.00 Å². The molecule has 0 atom stereocenters. The minimum absolute atomic E-state index is 0.0425. The number of anilines is 1. The van der Waals surface area contributed by atoms with Gasteiger partial charge in [0.2, 0.25) is 0 Å². The van der Waals surface area contributed by atoms with Crippen LogP contribution in [0.25, 0.3) is 0 Å². The number of nitrogens with zero attached hydrogens (tertiary/aromatic N) is 4. The number of esters is 1. The van der Waals surface area contributed by atoms with E-state index >= 15 is 0 Å². The zero-order chi connectivity index (χ0) is 19.6. The molecule has 0 spiro atoms. The molecular weight excluding hydrogens is 348 g/mol. The second-order valence-electron chi connectivity index (χ2n) is 5.65. The highest BCUT2D eigenvalue weighted by Gasteiger charge is 2.19. The number of carbonyl (C=O) groups is 2. The van der Waals surface area contributed by atoms with Gasteiger partial charge >= 0.3 is 5.97 Å². The molecule has 0 fully saturated rings. The average molecular weight is 368 g/mol. The Bertz CT molecular complexity index is 887. The molecule has 0 bridgehead atoms. The lowest BCUT2D eigenvalue weighted by Crippen LogP contribution is -2.35. The number of amides is 1. The zero-order valence-corrected chi connectivity index (χ0v) is 15.0. The Morgan fingerprint density at radius 3 is 2.63 bits per heavy atom. The van der Waals surface area contributed by atoms with E-state index in [0.29, 0.717) is 18.7 Å². The van der Waals surface area contributed by atoms with Crippen molar-refractivity contribution >= 4 is 17.6 Å². The summed E-state index contributed by atoms with van der Waals surface area (Å²) in [5.41, 5.74) is 0.263. The Kier molecular flexibility index (Phi) is 7.26. The van der Waals surface area contributed by atoms with Crippen molar-refractivity contribution in [3.05, 3.63) is 58.5 Å². The summed E-state index contributed by atoms with van der Waals surface area (Å²) in [6, 6.07) is 13.3. The highest BCUT2D eigenvalue weighted by molar-refractivity contribution is 5.96. The largest absolute Gasteiger partial charge is 0.451 e. The third kappa shape index (κ3) is 5.51. The number of hydrogen-bond acceptors (Lipinski definition) is 6. The van der Waals surface area contributed by atoms with E-state index in [1.54, 1.807) is 24.3 Å². The van der Waals surface area contributed by atoms with Crippen LogP contribution < -0.4 is 10.5 Å². The van der Waals surface area contributed by atoms with Gasteiger partial charge in [-0.3, -0.25) is 9.59 Å². The first kappa shape index (κ1) is 19.8. The number of ether oxygens (including phenoxy) is 1. The molecule has 8 heteroatoms. The van der Waals surface area contributed by atoms with Crippen LogP contribution in [0, 0.1) is 11.3 Å². The van der Waals surface area contributed by atoms with Gasteiger partial charge < -0.3 is 9.64 Å². The van der Waals surface area contributed by atoms with Crippen molar-refractivity contribution in [3.63, 3.8) is 0 Å². The first-order valence-electron chi connectivity index (χ1n) is 8.54. The zero-order valence-electron chi connectivity index (χ0n) is 15.0. The van der Waals surface area contributed by atoms with E-state index in [0.717, 1.165) is 0 Å². The summed E-state index contributed by atoms with van der Waals surface area (Å²) < 4.78 is 6.24. The smallest absolute Gasteiger partial charge is 0.359 e. The number of aromatic nitrogens is 2. The van der Waals surface area contributed by atoms with Crippen LogP contribution in [0.1, 0.15) is 30.3 Å². The molecule has 1 aromatic carbocycles. The fraction of sp³-hybridized carbons (Fsp3) is 0.316. The number of aryl methyl sites for hydroxylation is 1. The van der Waals surface area contributed by atoms with Crippen LogP contribution in [0.4, 0.5) is 5.69 Å². The summed E-state index contributed by atoms with van der Waals surface area (Å²) >= 11 is 0. The quantitative estimate of drug-likeness (QED) is 0.657. The topological polar surface area (TPSA) is 105 Å². The van der Waals surface area contributed by atoms with Gasteiger partial charge in [0.05, 0.1) is 12.5 Å². The van der Waals surface area contributed by atoms with Crippen molar-refractivity contribution in [2.24, 2.45) is 0 Å². The number of para-hydroxylation sites is 1. The highest BCUT2D eigenvalue weighted by Crippen LogP contribution is 2.14. The van der Waals surface area contributed by atoms with Gasteiger partial charge in [-0.2, -0.15) is 10.4 Å². The van der Waals surface area contributed by atoms with Crippen molar-refractivity contribution < 1.29 is 14.3 Å². The summed E-state index contributed by atoms with van der Waals surface area (Å²) in [5, 5.41) is 12.7. The van der Waals surface area contributed by atoms with Gasteiger partial charge in [0, 0.05) is 24.8 Å². The van der Waals surface area contributed by atoms with E-state index in [-0.39, 0.29) is 24.2 Å². The molecule has 0 saturated carbocycles. The third-order valence-corrected chi connectivity index (χ3v) is 3.65. The summed E-state index contributed by atoms with van der Waals surface area (Å²) in [4.78, 5) is 37.7. The number of nitriles is 1. The molecule has 0 N–H and O–H groups in total. The molecular formula is C19H20N4O4. The minimum Gasteiger partial charge on any atom is -0.451 e. The van der Waals surface area contributed by atoms with Gasteiger partial charge in [0.1, 0.15) is 0 Å². The summed E-state index contributed by atoms with van der Waals surface area (Å²) in [6.45, 7) is 1.97. The van der Waals surface area contributed by atoms with Crippen LogP contribution in [0.2, 0.25) is 0 Å². The SMILES string of the molecule is CCCn1nc(C(=O)OCC(=O)N(CCC#N)c2ccccc2)ccc1=O. The first-order valence-corrected chi connectivity index (χ1v) is 8.54. The summed E-state index contributed by atoms with van der Waals surface area (Å²) in [7, 11) is 0. The number of hydrogen-bond donors (Lipinski definition) is 0. The molecule has 2 rings (SSSR count). The Labute approximate surface area is 156 Å². The van der Waals surface area contributed by atoms with E-state index in [1.165, 1.54) is 21.7 Å². The van der Waals surface area contributed by atoms with Crippen molar-refractivity contribution in [1.82, 2.24) is 9.78 Å². The van der Waals surface area contributed by atoms with Gasteiger partial charge in [-0.25, -0.2) is 9.48 Å².